The molecule has 2 N–H and O–H groups in total. The Kier molecular flexibility index (Phi) is 9.75. The molecule has 0 heterocycles. The first-order chi connectivity index (χ1) is 10.0. The lowest BCUT2D eigenvalue weighted by Crippen LogP contribution is -2.39. The first kappa shape index (κ1) is 19.0. The van der Waals surface area contributed by atoms with Crippen LogP contribution in [0.15, 0.2) is 25.7 Å². The Morgan fingerprint density at radius 1 is 0.857 bits per heavy atom. The van der Waals surface area contributed by atoms with Gasteiger partial charge in [0.1, 0.15) is 0 Å². The minimum absolute atomic E-state index is 0.0838. The zero-order chi connectivity index (χ0) is 16.1. The molecule has 0 amide bonds. The van der Waals surface area contributed by atoms with Crippen LogP contribution in [-0.4, -0.2) is 35.4 Å². The molecule has 0 spiro atoms. The third kappa shape index (κ3) is 6.83. The van der Waals surface area contributed by atoms with E-state index in [1.807, 2.05) is 0 Å². The number of hydrogen-bond acceptors (Lipinski definition) is 4. The number of ether oxygens (including phenoxy) is 2. The predicted octanol–water partition coefficient (Wildman–Crippen LogP) is 2.80. The molecule has 0 radical (unpaired) electrons. The molecule has 0 unspecified atom stereocenters. The van der Waals surface area contributed by atoms with E-state index in [9.17, 15) is 19.8 Å². The minimum Gasteiger partial charge on any atom is -0.502 e. The lowest BCUT2D eigenvalue weighted by atomic mass is 9.78. The lowest BCUT2D eigenvalue weighted by Gasteiger charge is -2.24. The van der Waals surface area contributed by atoms with Crippen LogP contribution in [0.5, 0.6) is 0 Å². The van der Waals surface area contributed by atoms with E-state index in [-0.39, 0.29) is 12.8 Å². The van der Waals surface area contributed by atoms with E-state index in [0.717, 1.165) is 0 Å². The molecule has 6 heteroatoms. The Labute approximate surface area is 125 Å². The molecule has 0 aromatic carbocycles. The molecule has 0 aromatic rings. The van der Waals surface area contributed by atoms with Crippen LogP contribution in [-0.2, 0) is 19.1 Å². The van der Waals surface area contributed by atoms with E-state index >= 15 is 0 Å². The summed E-state index contributed by atoms with van der Waals surface area (Å²) in [6, 6.07) is 0. The average Bonchev–Trinajstić information content (AvgIpc) is 2.44. The smallest absolute Gasteiger partial charge is 0.321 e. The van der Waals surface area contributed by atoms with Crippen LogP contribution in [0.1, 0.15) is 38.5 Å². The second-order valence-electron chi connectivity index (χ2n) is 4.68. The third-order valence-electron chi connectivity index (χ3n) is 3.29. The zero-order valence-corrected chi connectivity index (χ0v) is 12.3. The molecule has 0 aliphatic heterocycles. The molecule has 0 aliphatic carbocycles. The summed E-state index contributed by atoms with van der Waals surface area (Å²) in [5.74, 6) is -2.58. The van der Waals surface area contributed by atoms with Crippen molar-refractivity contribution >= 4 is 11.9 Å². The molecule has 0 atom stereocenters. The molecule has 0 saturated carbocycles. The fourth-order valence-corrected chi connectivity index (χ4v) is 2.04. The van der Waals surface area contributed by atoms with Crippen molar-refractivity contribution in [1.29, 1.82) is 0 Å². The van der Waals surface area contributed by atoms with Gasteiger partial charge in [0.25, 0.3) is 0 Å². The highest BCUT2D eigenvalue weighted by Crippen LogP contribution is 2.32. The van der Waals surface area contributed by atoms with Gasteiger partial charge in [0.15, 0.2) is 5.41 Å². The maximum Gasteiger partial charge on any atom is 0.321 e. The molecular formula is C15H24O6. The summed E-state index contributed by atoms with van der Waals surface area (Å²) in [6.45, 7) is 7.62. The summed E-state index contributed by atoms with van der Waals surface area (Å²) in [5, 5.41) is 18.6. The number of carbonyl (C=O) groups is 2. The molecule has 0 bridgehead atoms. The Hall–Kier alpha value is -1.98. The van der Waals surface area contributed by atoms with Gasteiger partial charge >= 0.3 is 11.9 Å². The van der Waals surface area contributed by atoms with Crippen molar-refractivity contribution in [3.05, 3.63) is 25.7 Å². The van der Waals surface area contributed by atoms with Gasteiger partial charge in [-0.2, -0.15) is 0 Å². The highest BCUT2D eigenvalue weighted by atomic mass is 16.5. The van der Waals surface area contributed by atoms with Gasteiger partial charge in [-0.05, 0) is 38.5 Å². The number of aliphatic carboxylic acids is 2. The maximum atomic E-state index is 11.4. The van der Waals surface area contributed by atoms with Crippen molar-refractivity contribution in [3.8, 4) is 0 Å². The second kappa shape index (κ2) is 10.8. The van der Waals surface area contributed by atoms with Gasteiger partial charge in [0.2, 0.25) is 0 Å². The van der Waals surface area contributed by atoms with Crippen molar-refractivity contribution in [2.24, 2.45) is 5.41 Å². The van der Waals surface area contributed by atoms with Crippen LogP contribution in [0.2, 0.25) is 0 Å². The standard InChI is InChI=1S/C15H24O6/c1-3-20-11-7-5-9-15(13(16)17,14(18)19)10-6-8-12-21-4-2/h3-4H,1-2,5-12H2,(H,16,17)(H,18,19). The van der Waals surface area contributed by atoms with Crippen molar-refractivity contribution in [2.75, 3.05) is 13.2 Å². The first-order valence-electron chi connectivity index (χ1n) is 6.93. The van der Waals surface area contributed by atoms with Crippen LogP contribution in [0.4, 0.5) is 0 Å². The summed E-state index contributed by atoms with van der Waals surface area (Å²) < 4.78 is 9.88. The number of hydrogen-bond donors (Lipinski definition) is 2. The maximum absolute atomic E-state index is 11.4. The normalized spacial score (nSPS) is 10.7. The molecule has 0 fully saturated rings. The molecule has 120 valence electrons. The van der Waals surface area contributed by atoms with Gasteiger partial charge in [-0.1, -0.05) is 13.2 Å². The van der Waals surface area contributed by atoms with Gasteiger partial charge in [0.05, 0.1) is 25.7 Å². The average molecular weight is 300 g/mol. The number of carboxylic acids is 2. The van der Waals surface area contributed by atoms with Crippen molar-refractivity contribution in [2.45, 2.75) is 38.5 Å². The fourth-order valence-electron chi connectivity index (χ4n) is 2.04. The number of unbranched alkanes of at least 4 members (excludes halogenated alkanes) is 2. The quantitative estimate of drug-likeness (QED) is 0.291. The second-order valence-corrected chi connectivity index (χ2v) is 4.68. The van der Waals surface area contributed by atoms with Gasteiger partial charge < -0.3 is 19.7 Å². The van der Waals surface area contributed by atoms with Gasteiger partial charge in [0, 0.05) is 0 Å². The first-order valence-corrected chi connectivity index (χ1v) is 6.93. The monoisotopic (exact) mass is 300 g/mol. The lowest BCUT2D eigenvalue weighted by molar-refractivity contribution is -0.166. The van der Waals surface area contributed by atoms with Gasteiger partial charge in [-0.15, -0.1) is 0 Å². The predicted molar refractivity (Wildman–Crippen MR) is 77.7 cm³/mol. The zero-order valence-electron chi connectivity index (χ0n) is 12.3. The summed E-state index contributed by atoms with van der Waals surface area (Å²) in [7, 11) is 0. The Balaban J connectivity index is 4.46. The van der Waals surface area contributed by atoms with Crippen molar-refractivity contribution < 1.29 is 29.3 Å². The van der Waals surface area contributed by atoms with E-state index in [1.165, 1.54) is 12.5 Å². The Morgan fingerprint density at radius 2 is 1.24 bits per heavy atom. The van der Waals surface area contributed by atoms with Crippen LogP contribution in [0.25, 0.3) is 0 Å². The molecular weight excluding hydrogens is 276 g/mol. The summed E-state index contributed by atoms with van der Waals surface area (Å²) in [6.07, 6.45) is 4.90. The largest absolute Gasteiger partial charge is 0.502 e. The molecule has 0 aromatic heterocycles. The number of rotatable bonds is 14. The van der Waals surface area contributed by atoms with E-state index < -0.39 is 17.4 Å². The van der Waals surface area contributed by atoms with Gasteiger partial charge in [-0.25, -0.2) is 0 Å². The van der Waals surface area contributed by atoms with E-state index in [2.05, 4.69) is 13.2 Å². The fraction of sp³-hybridized carbons (Fsp3) is 0.600. The highest BCUT2D eigenvalue weighted by Gasteiger charge is 2.45. The van der Waals surface area contributed by atoms with Gasteiger partial charge in [-0.3, -0.25) is 9.59 Å². The Morgan fingerprint density at radius 3 is 1.52 bits per heavy atom. The molecule has 6 nitrogen and oxygen atoms in total. The van der Waals surface area contributed by atoms with E-state index in [0.29, 0.717) is 38.9 Å². The van der Waals surface area contributed by atoms with Crippen molar-refractivity contribution in [1.82, 2.24) is 0 Å². The van der Waals surface area contributed by atoms with Crippen LogP contribution >= 0.6 is 0 Å². The topological polar surface area (TPSA) is 93.1 Å². The highest BCUT2D eigenvalue weighted by molar-refractivity contribution is 5.98. The number of carboxylic acid groups (broad SMARTS) is 2. The third-order valence-corrected chi connectivity index (χ3v) is 3.29. The van der Waals surface area contributed by atoms with E-state index in [1.54, 1.807) is 0 Å². The molecule has 21 heavy (non-hydrogen) atoms. The SMILES string of the molecule is C=COCCCCC(CCCCOC=C)(C(=O)O)C(=O)O. The van der Waals surface area contributed by atoms with Crippen molar-refractivity contribution in [3.63, 3.8) is 0 Å². The Bertz CT molecular complexity index is 316. The summed E-state index contributed by atoms with van der Waals surface area (Å²) >= 11 is 0. The minimum atomic E-state index is -1.73. The van der Waals surface area contributed by atoms with Crippen LogP contribution < -0.4 is 0 Å². The van der Waals surface area contributed by atoms with Crippen LogP contribution in [0, 0.1) is 5.41 Å². The molecule has 0 aliphatic rings. The summed E-state index contributed by atoms with van der Waals surface area (Å²) in [4.78, 5) is 22.9. The van der Waals surface area contributed by atoms with Crippen LogP contribution in [0.3, 0.4) is 0 Å². The molecule has 0 saturated heterocycles. The summed E-state index contributed by atoms with van der Waals surface area (Å²) in [5.41, 5.74) is -1.73. The van der Waals surface area contributed by atoms with E-state index in [4.69, 9.17) is 9.47 Å². The molecule has 0 rings (SSSR count).